The number of methoxy groups -OCH3 is 1. The van der Waals surface area contributed by atoms with E-state index in [2.05, 4.69) is 10.3 Å². The summed E-state index contributed by atoms with van der Waals surface area (Å²) in [6.45, 7) is 3.19. The number of para-hydroxylation sites is 2. The third-order valence-electron chi connectivity index (χ3n) is 4.26. The number of rotatable bonds is 7. The molecule has 5 nitrogen and oxygen atoms in total. The molecule has 5 heteroatoms. The number of ether oxygens (including phenoxy) is 1. The molecule has 0 radical (unpaired) electrons. The molecule has 0 fully saturated rings. The lowest BCUT2D eigenvalue weighted by Gasteiger charge is -2.21. The van der Waals surface area contributed by atoms with E-state index in [4.69, 9.17) is 4.74 Å². The van der Waals surface area contributed by atoms with Crippen LogP contribution in [0.15, 0.2) is 72.9 Å². The van der Waals surface area contributed by atoms with Crippen LogP contribution in [0.25, 0.3) is 0 Å². The molecule has 0 unspecified atom stereocenters. The third kappa shape index (κ3) is 4.64. The molecule has 1 heterocycles. The Morgan fingerprint density at radius 1 is 1.07 bits per heavy atom. The zero-order valence-corrected chi connectivity index (χ0v) is 15.6. The molecule has 1 aromatic heterocycles. The fraction of sp³-hybridized carbons (Fsp3) is 0.182. The van der Waals surface area contributed by atoms with Gasteiger partial charge in [-0.15, -0.1) is 0 Å². The molecule has 0 spiro atoms. The first-order valence-corrected chi connectivity index (χ1v) is 8.90. The van der Waals surface area contributed by atoms with Crippen LogP contribution in [0.2, 0.25) is 0 Å². The standard InChI is InChI=1S/C22H23N3O2/c1-3-25(16-17-9-5-4-6-10-17)22(26)18-13-14-23-21(15-18)24-19-11-7-8-12-20(19)27-2/h4-15H,3,16H2,1-2H3,(H,23,24). The van der Waals surface area contributed by atoms with Gasteiger partial charge in [0.1, 0.15) is 11.6 Å². The molecule has 2 aromatic carbocycles. The fourth-order valence-electron chi connectivity index (χ4n) is 2.83. The SMILES string of the molecule is CCN(Cc1ccccc1)C(=O)c1ccnc(Nc2ccccc2OC)c1. The van der Waals surface area contributed by atoms with E-state index in [0.717, 1.165) is 17.0 Å². The molecule has 0 atom stereocenters. The van der Waals surface area contributed by atoms with Crippen LogP contribution in [-0.2, 0) is 6.54 Å². The van der Waals surface area contributed by atoms with Gasteiger partial charge in [-0.25, -0.2) is 4.98 Å². The van der Waals surface area contributed by atoms with Gasteiger partial charge in [-0.3, -0.25) is 4.79 Å². The van der Waals surface area contributed by atoms with Crippen molar-refractivity contribution in [2.24, 2.45) is 0 Å². The topological polar surface area (TPSA) is 54.5 Å². The number of benzene rings is 2. The van der Waals surface area contributed by atoms with Gasteiger partial charge < -0.3 is 15.0 Å². The van der Waals surface area contributed by atoms with E-state index in [0.29, 0.717) is 24.5 Å². The summed E-state index contributed by atoms with van der Waals surface area (Å²) in [5.74, 6) is 1.29. The molecule has 1 amide bonds. The molecular formula is C22H23N3O2. The second-order valence-corrected chi connectivity index (χ2v) is 6.06. The van der Waals surface area contributed by atoms with E-state index in [1.165, 1.54) is 0 Å². The highest BCUT2D eigenvalue weighted by molar-refractivity contribution is 5.95. The van der Waals surface area contributed by atoms with E-state index in [1.54, 1.807) is 25.4 Å². The Kier molecular flexibility index (Phi) is 6.05. The molecule has 0 aliphatic heterocycles. The first-order valence-electron chi connectivity index (χ1n) is 8.90. The number of aromatic nitrogens is 1. The number of anilines is 2. The lowest BCUT2D eigenvalue weighted by atomic mass is 10.1. The van der Waals surface area contributed by atoms with E-state index in [9.17, 15) is 4.79 Å². The maximum Gasteiger partial charge on any atom is 0.254 e. The van der Waals surface area contributed by atoms with Crippen LogP contribution >= 0.6 is 0 Å². The lowest BCUT2D eigenvalue weighted by Crippen LogP contribution is -2.30. The van der Waals surface area contributed by atoms with Crippen molar-refractivity contribution in [2.75, 3.05) is 19.0 Å². The van der Waals surface area contributed by atoms with Crippen molar-refractivity contribution in [1.29, 1.82) is 0 Å². The minimum atomic E-state index is -0.0215. The molecule has 138 valence electrons. The zero-order valence-electron chi connectivity index (χ0n) is 15.6. The second kappa shape index (κ2) is 8.85. The van der Waals surface area contributed by atoms with E-state index < -0.39 is 0 Å². The average Bonchev–Trinajstić information content (AvgIpc) is 2.73. The number of hydrogen-bond acceptors (Lipinski definition) is 4. The highest BCUT2D eigenvalue weighted by Gasteiger charge is 2.15. The molecule has 0 aliphatic carbocycles. The third-order valence-corrected chi connectivity index (χ3v) is 4.26. The summed E-state index contributed by atoms with van der Waals surface area (Å²) in [5.41, 5.74) is 2.50. The summed E-state index contributed by atoms with van der Waals surface area (Å²) in [5, 5.41) is 3.22. The van der Waals surface area contributed by atoms with Crippen molar-refractivity contribution in [3.63, 3.8) is 0 Å². The Balaban J connectivity index is 1.78. The molecule has 3 rings (SSSR count). The number of nitrogens with zero attached hydrogens (tertiary/aromatic N) is 2. The van der Waals surface area contributed by atoms with Crippen LogP contribution in [0.4, 0.5) is 11.5 Å². The van der Waals surface area contributed by atoms with Crippen LogP contribution < -0.4 is 10.1 Å². The molecule has 0 bridgehead atoms. The fourth-order valence-corrected chi connectivity index (χ4v) is 2.83. The Hall–Kier alpha value is -3.34. The Bertz CT molecular complexity index is 897. The van der Waals surface area contributed by atoms with E-state index in [-0.39, 0.29) is 5.91 Å². The number of carbonyl (C=O) groups is 1. The van der Waals surface area contributed by atoms with Gasteiger partial charge in [-0.2, -0.15) is 0 Å². The highest BCUT2D eigenvalue weighted by atomic mass is 16.5. The molecule has 3 aromatic rings. The number of hydrogen-bond donors (Lipinski definition) is 1. The van der Waals surface area contributed by atoms with Crippen LogP contribution in [-0.4, -0.2) is 29.4 Å². The summed E-state index contributed by atoms with van der Waals surface area (Å²) in [6.07, 6.45) is 1.64. The van der Waals surface area contributed by atoms with Crippen molar-refractivity contribution in [3.05, 3.63) is 84.1 Å². The minimum Gasteiger partial charge on any atom is -0.495 e. The van der Waals surface area contributed by atoms with E-state index >= 15 is 0 Å². The van der Waals surface area contributed by atoms with Crippen molar-refractivity contribution in [1.82, 2.24) is 9.88 Å². The van der Waals surface area contributed by atoms with Gasteiger partial charge in [0.2, 0.25) is 0 Å². The average molecular weight is 361 g/mol. The van der Waals surface area contributed by atoms with Gasteiger partial charge in [0, 0.05) is 24.8 Å². The van der Waals surface area contributed by atoms with E-state index in [1.807, 2.05) is 66.4 Å². The number of nitrogens with one attached hydrogen (secondary N) is 1. The van der Waals surface area contributed by atoms with Crippen LogP contribution in [0.5, 0.6) is 5.75 Å². The molecule has 0 saturated heterocycles. The highest BCUT2D eigenvalue weighted by Crippen LogP contribution is 2.26. The van der Waals surface area contributed by atoms with Gasteiger partial charge in [0.25, 0.3) is 5.91 Å². The smallest absolute Gasteiger partial charge is 0.254 e. The van der Waals surface area contributed by atoms with Crippen molar-refractivity contribution in [3.8, 4) is 5.75 Å². The quantitative estimate of drug-likeness (QED) is 0.673. The first kappa shape index (κ1) is 18.5. The Labute approximate surface area is 159 Å². The minimum absolute atomic E-state index is 0.0215. The van der Waals surface area contributed by atoms with Gasteiger partial charge in [0.15, 0.2) is 0 Å². The van der Waals surface area contributed by atoms with Gasteiger partial charge in [-0.1, -0.05) is 42.5 Å². The summed E-state index contributed by atoms with van der Waals surface area (Å²) >= 11 is 0. The monoisotopic (exact) mass is 361 g/mol. The van der Waals surface area contributed by atoms with Crippen molar-refractivity contribution in [2.45, 2.75) is 13.5 Å². The largest absolute Gasteiger partial charge is 0.495 e. The van der Waals surface area contributed by atoms with Crippen molar-refractivity contribution >= 4 is 17.4 Å². The van der Waals surface area contributed by atoms with Crippen LogP contribution in [0.3, 0.4) is 0 Å². The molecule has 1 N–H and O–H groups in total. The summed E-state index contributed by atoms with van der Waals surface area (Å²) in [7, 11) is 1.62. The predicted octanol–water partition coefficient (Wildman–Crippen LogP) is 4.50. The summed E-state index contributed by atoms with van der Waals surface area (Å²) in [4.78, 5) is 19.1. The Morgan fingerprint density at radius 3 is 2.56 bits per heavy atom. The predicted molar refractivity (Wildman–Crippen MR) is 107 cm³/mol. The summed E-state index contributed by atoms with van der Waals surface area (Å²) in [6, 6.07) is 21.1. The molecule has 27 heavy (non-hydrogen) atoms. The summed E-state index contributed by atoms with van der Waals surface area (Å²) < 4.78 is 5.35. The maximum absolute atomic E-state index is 13.0. The normalized spacial score (nSPS) is 10.3. The molecule has 0 aliphatic rings. The van der Waals surface area contributed by atoms with Crippen molar-refractivity contribution < 1.29 is 9.53 Å². The number of amides is 1. The lowest BCUT2D eigenvalue weighted by molar-refractivity contribution is 0.0752. The zero-order chi connectivity index (χ0) is 19.1. The van der Waals surface area contributed by atoms with Gasteiger partial charge in [0.05, 0.1) is 12.8 Å². The maximum atomic E-state index is 13.0. The van der Waals surface area contributed by atoms with Crippen LogP contribution in [0, 0.1) is 0 Å². The number of carbonyl (C=O) groups excluding carboxylic acids is 1. The second-order valence-electron chi connectivity index (χ2n) is 6.06. The Morgan fingerprint density at radius 2 is 1.81 bits per heavy atom. The van der Waals surface area contributed by atoms with Crippen LogP contribution in [0.1, 0.15) is 22.8 Å². The molecular weight excluding hydrogens is 338 g/mol. The molecule has 0 saturated carbocycles. The number of pyridine rings is 1. The van der Waals surface area contributed by atoms with Gasteiger partial charge >= 0.3 is 0 Å². The first-order chi connectivity index (χ1) is 13.2. The van der Waals surface area contributed by atoms with Gasteiger partial charge in [-0.05, 0) is 36.8 Å².